The smallest absolute Gasteiger partial charge is 0.125 e. The normalized spacial score (nSPS) is 20.0. The molecule has 1 saturated heterocycles. The number of para-hydroxylation sites is 1. The summed E-state index contributed by atoms with van der Waals surface area (Å²) in [6, 6.07) is 6.63. The molecule has 2 heterocycles. The van der Waals surface area contributed by atoms with Crippen LogP contribution in [0.4, 0.5) is 0 Å². The molecular formula is C15H21NO. The van der Waals surface area contributed by atoms with Gasteiger partial charge in [-0.25, -0.2) is 0 Å². The van der Waals surface area contributed by atoms with Gasteiger partial charge in [0.05, 0.1) is 6.61 Å². The van der Waals surface area contributed by atoms with E-state index < -0.39 is 0 Å². The number of aryl methyl sites for hydroxylation is 1. The number of piperidine rings is 1. The van der Waals surface area contributed by atoms with Gasteiger partial charge in [-0.1, -0.05) is 18.2 Å². The van der Waals surface area contributed by atoms with E-state index in [1.807, 2.05) is 0 Å². The molecule has 92 valence electrons. The zero-order valence-electron chi connectivity index (χ0n) is 10.4. The molecule has 0 bridgehead atoms. The first kappa shape index (κ1) is 11.1. The molecule has 1 aromatic carbocycles. The molecule has 0 radical (unpaired) electrons. The van der Waals surface area contributed by atoms with Crippen molar-refractivity contribution < 1.29 is 4.74 Å². The lowest BCUT2D eigenvalue weighted by molar-refractivity contribution is 0.341. The van der Waals surface area contributed by atoms with Gasteiger partial charge in [-0.05, 0) is 55.8 Å². The van der Waals surface area contributed by atoms with Crippen LogP contribution in [-0.2, 0) is 12.8 Å². The van der Waals surface area contributed by atoms with Crippen LogP contribution in [0.15, 0.2) is 18.2 Å². The highest BCUT2D eigenvalue weighted by Crippen LogP contribution is 2.31. The highest BCUT2D eigenvalue weighted by Gasteiger charge is 2.18. The van der Waals surface area contributed by atoms with Crippen LogP contribution in [0.2, 0.25) is 0 Å². The molecule has 0 amide bonds. The van der Waals surface area contributed by atoms with E-state index in [2.05, 4.69) is 23.5 Å². The van der Waals surface area contributed by atoms with Crippen molar-refractivity contribution in [3.8, 4) is 5.75 Å². The third-order valence-corrected chi connectivity index (χ3v) is 4.08. The Kier molecular flexibility index (Phi) is 3.32. The highest BCUT2D eigenvalue weighted by atomic mass is 16.5. The summed E-state index contributed by atoms with van der Waals surface area (Å²) >= 11 is 0. The van der Waals surface area contributed by atoms with Gasteiger partial charge in [0.25, 0.3) is 0 Å². The van der Waals surface area contributed by atoms with Crippen LogP contribution in [0.1, 0.15) is 30.4 Å². The first-order chi connectivity index (χ1) is 8.43. The van der Waals surface area contributed by atoms with Crippen molar-refractivity contribution in [2.45, 2.75) is 32.1 Å². The Hall–Kier alpha value is -1.02. The fourth-order valence-electron chi connectivity index (χ4n) is 3.01. The molecule has 2 heteroatoms. The molecule has 2 nitrogen and oxygen atoms in total. The van der Waals surface area contributed by atoms with Crippen LogP contribution in [-0.4, -0.2) is 19.7 Å². The summed E-state index contributed by atoms with van der Waals surface area (Å²) in [5, 5.41) is 3.43. The molecule has 3 rings (SSSR count). The molecule has 0 saturated carbocycles. The van der Waals surface area contributed by atoms with E-state index in [9.17, 15) is 0 Å². The summed E-state index contributed by atoms with van der Waals surface area (Å²) in [6.45, 7) is 3.28. The van der Waals surface area contributed by atoms with E-state index in [1.165, 1.54) is 55.6 Å². The SMILES string of the molecule is c1cc2c(c(CCC3CCNCC3)c1)OCC2. The number of benzene rings is 1. The largest absolute Gasteiger partial charge is 0.493 e. The molecule has 2 aliphatic heterocycles. The van der Waals surface area contributed by atoms with Gasteiger partial charge in [-0.15, -0.1) is 0 Å². The van der Waals surface area contributed by atoms with E-state index in [4.69, 9.17) is 4.74 Å². The monoisotopic (exact) mass is 231 g/mol. The maximum atomic E-state index is 5.76. The lowest BCUT2D eigenvalue weighted by Crippen LogP contribution is -2.27. The van der Waals surface area contributed by atoms with Gasteiger partial charge in [0.1, 0.15) is 5.75 Å². The zero-order valence-corrected chi connectivity index (χ0v) is 10.4. The zero-order chi connectivity index (χ0) is 11.5. The van der Waals surface area contributed by atoms with Crippen LogP contribution in [0, 0.1) is 5.92 Å². The van der Waals surface area contributed by atoms with E-state index in [0.717, 1.165) is 18.9 Å². The minimum atomic E-state index is 0.875. The number of nitrogens with one attached hydrogen (secondary N) is 1. The summed E-state index contributed by atoms with van der Waals surface area (Å²) in [5.74, 6) is 2.11. The van der Waals surface area contributed by atoms with Crippen LogP contribution in [0.25, 0.3) is 0 Å². The second-order valence-electron chi connectivity index (χ2n) is 5.24. The van der Waals surface area contributed by atoms with Crippen LogP contribution in [0.5, 0.6) is 5.75 Å². The molecular weight excluding hydrogens is 210 g/mol. The maximum Gasteiger partial charge on any atom is 0.125 e. The van der Waals surface area contributed by atoms with Crippen molar-refractivity contribution in [2.75, 3.05) is 19.7 Å². The predicted octanol–water partition coefficient (Wildman–Crippen LogP) is 2.55. The van der Waals surface area contributed by atoms with Crippen molar-refractivity contribution in [2.24, 2.45) is 5.92 Å². The Bertz CT molecular complexity index is 383. The van der Waals surface area contributed by atoms with Gasteiger partial charge >= 0.3 is 0 Å². The van der Waals surface area contributed by atoms with Gasteiger partial charge in [-0.3, -0.25) is 0 Å². The third-order valence-electron chi connectivity index (χ3n) is 4.08. The number of rotatable bonds is 3. The third kappa shape index (κ3) is 2.47. The summed E-state index contributed by atoms with van der Waals surface area (Å²) in [5.41, 5.74) is 2.84. The molecule has 1 aromatic rings. The lowest BCUT2D eigenvalue weighted by atomic mass is 9.91. The molecule has 0 spiro atoms. The van der Waals surface area contributed by atoms with E-state index in [0.29, 0.717) is 0 Å². The Labute approximate surface area is 103 Å². The first-order valence-corrected chi connectivity index (χ1v) is 6.88. The lowest BCUT2D eigenvalue weighted by Gasteiger charge is -2.22. The van der Waals surface area contributed by atoms with Crippen LogP contribution in [0.3, 0.4) is 0 Å². The number of hydrogen-bond donors (Lipinski definition) is 1. The van der Waals surface area contributed by atoms with Gasteiger partial charge in [0.2, 0.25) is 0 Å². The number of hydrogen-bond acceptors (Lipinski definition) is 2. The Morgan fingerprint density at radius 3 is 3.00 bits per heavy atom. The maximum absolute atomic E-state index is 5.76. The Morgan fingerprint density at radius 1 is 1.24 bits per heavy atom. The predicted molar refractivity (Wildman–Crippen MR) is 69.6 cm³/mol. The Balaban J connectivity index is 1.63. The summed E-state index contributed by atoms with van der Waals surface area (Å²) in [7, 11) is 0. The van der Waals surface area contributed by atoms with Gasteiger partial charge in [0.15, 0.2) is 0 Å². The minimum absolute atomic E-state index is 0.875. The average molecular weight is 231 g/mol. The number of fused-ring (bicyclic) bond motifs is 1. The average Bonchev–Trinajstić information content (AvgIpc) is 2.86. The second-order valence-corrected chi connectivity index (χ2v) is 5.24. The van der Waals surface area contributed by atoms with Gasteiger partial charge in [-0.2, -0.15) is 0 Å². The van der Waals surface area contributed by atoms with Crippen molar-refractivity contribution >= 4 is 0 Å². The fraction of sp³-hybridized carbons (Fsp3) is 0.600. The van der Waals surface area contributed by atoms with Crippen molar-refractivity contribution in [1.29, 1.82) is 0 Å². The molecule has 0 aliphatic carbocycles. The molecule has 1 N–H and O–H groups in total. The molecule has 17 heavy (non-hydrogen) atoms. The van der Waals surface area contributed by atoms with Crippen LogP contribution >= 0.6 is 0 Å². The topological polar surface area (TPSA) is 21.3 Å². The van der Waals surface area contributed by atoms with Crippen LogP contribution < -0.4 is 10.1 Å². The van der Waals surface area contributed by atoms with Crippen molar-refractivity contribution in [1.82, 2.24) is 5.32 Å². The molecule has 1 fully saturated rings. The fourth-order valence-corrected chi connectivity index (χ4v) is 3.01. The van der Waals surface area contributed by atoms with E-state index >= 15 is 0 Å². The van der Waals surface area contributed by atoms with Gasteiger partial charge < -0.3 is 10.1 Å². The summed E-state index contributed by atoms with van der Waals surface area (Å²) in [6.07, 6.45) is 6.29. The number of ether oxygens (including phenoxy) is 1. The molecule has 0 unspecified atom stereocenters. The quantitative estimate of drug-likeness (QED) is 0.863. The first-order valence-electron chi connectivity index (χ1n) is 6.88. The highest BCUT2D eigenvalue weighted by molar-refractivity contribution is 5.44. The Morgan fingerprint density at radius 2 is 2.12 bits per heavy atom. The van der Waals surface area contributed by atoms with E-state index in [-0.39, 0.29) is 0 Å². The summed E-state index contributed by atoms with van der Waals surface area (Å²) in [4.78, 5) is 0. The summed E-state index contributed by atoms with van der Waals surface area (Å²) < 4.78 is 5.76. The molecule has 2 aliphatic rings. The van der Waals surface area contributed by atoms with Crippen molar-refractivity contribution in [3.05, 3.63) is 29.3 Å². The molecule has 0 aromatic heterocycles. The molecule has 0 atom stereocenters. The second kappa shape index (κ2) is 5.09. The standard InChI is InChI=1S/C15H21NO/c1-2-13(15-14(3-1)8-11-17-15)5-4-12-6-9-16-10-7-12/h1-3,12,16H,4-11H2. The van der Waals surface area contributed by atoms with Crippen molar-refractivity contribution in [3.63, 3.8) is 0 Å². The minimum Gasteiger partial charge on any atom is -0.493 e. The van der Waals surface area contributed by atoms with E-state index in [1.54, 1.807) is 0 Å². The van der Waals surface area contributed by atoms with Gasteiger partial charge in [0, 0.05) is 6.42 Å².